The molecule has 0 radical (unpaired) electrons. The van der Waals surface area contributed by atoms with E-state index in [9.17, 15) is 4.79 Å². The molecule has 1 atom stereocenters. The molecule has 5 nitrogen and oxygen atoms in total. The fourth-order valence-electron chi connectivity index (χ4n) is 2.97. The standard InChI is InChI=1S/C14H27N3O2/c15-9-13-10-17(7-8-19-13)11-14(18)16-12-5-3-1-2-4-6-12/h12-13H,1-11,15H2,(H,16,18). The van der Waals surface area contributed by atoms with Crippen LogP contribution in [-0.2, 0) is 9.53 Å². The first-order valence-electron chi connectivity index (χ1n) is 7.61. The molecule has 1 aliphatic carbocycles. The minimum absolute atomic E-state index is 0.0828. The van der Waals surface area contributed by atoms with Gasteiger partial charge in [0, 0.05) is 25.7 Å². The summed E-state index contributed by atoms with van der Waals surface area (Å²) in [4.78, 5) is 14.2. The average Bonchev–Trinajstić information content (AvgIpc) is 2.67. The second kappa shape index (κ2) is 7.82. The number of nitrogens with zero attached hydrogens (tertiary/aromatic N) is 1. The van der Waals surface area contributed by atoms with Crippen molar-refractivity contribution in [2.45, 2.75) is 50.7 Å². The van der Waals surface area contributed by atoms with Gasteiger partial charge in [-0.15, -0.1) is 0 Å². The highest BCUT2D eigenvalue weighted by Gasteiger charge is 2.22. The molecule has 1 aliphatic heterocycles. The number of ether oxygens (including phenoxy) is 1. The highest BCUT2D eigenvalue weighted by molar-refractivity contribution is 5.78. The van der Waals surface area contributed by atoms with Gasteiger partial charge < -0.3 is 15.8 Å². The molecule has 2 rings (SSSR count). The summed E-state index contributed by atoms with van der Waals surface area (Å²) in [5, 5.41) is 3.19. The zero-order valence-electron chi connectivity index (χ0n) is 11.8. The van der Waals surface area contributed by atoms with E-state index in [-0.39, 0.29) is 12.0 Å². The van der Waals surface area contributed by atoms with E-state index in [4.69, 9.17) is 10.5 Å². The lowest BCUT2D eigenvalue weighted by Gasteiger charge is -2.32. The summed E-state index contributed by atoms with van der Waals surface area (Å²) in [5.41, 5.74) is 5.61. The number of nitrogens with one attached hydrogen (secondary N) is 1. The largest absolute Gasteiger partial charge is 0.374 e. The summed E-state index contributed by atoms with van der Waals surface area (Å²) < 4.78 is 5.51. The maximum Gasteiger partial charge on any atom is 0.234 e. The molecule has 1 saturated heterocycles. The van der Waals surface area contributed by atoms with E-state index in [0.717, 1.165) is 25.9 Å². The summed E-state index contributed by atoms with van der Waals surface area (Å²) >= 11 is 0. The first-order chi connectivity index (χ1) is 9.28. The summed E-state index contributed by atoms with van der Waals surface area (Å²) in [6.45, 7) is 3.29. The number of morpholine rings is 1. The van der Waals surface area contributed by atoms with E-state index in [0.29, 0.717) is 25.7 Å². The first kappa shape index (κ1) is 14.8. The van der Waals surface area contributed by atoms with Crippen molar-refractivity contribution in [2.75, 3.05) is 32.8 Å². The molecule has 1 heterocycles. The molecule has 110 valence electrons. The molecule has 0 spiro atoms. The van der Waals surface area contributed by atoms with Crippen LogP contribution in [0, 0.1) is 0 Å². The van der Waals surface area contributed by atoms with Crippen LogP contribution in [0.25, 0.3) is 0 Å². The van der Waals surface area contributed by atoms with Gasteiger partial charge in [-0.25, -0.2) is 0 Å². The van der Waals surface area contributed by atoms with E-state index in [1.54, 1.807) is 0 Å². The molecule has 0 aromatic carbocycles. The summed E-state index contributed by atoms with van der Waals surface area (Å²) in [6.07, 6.45) is 7.48. The second-order valence-corrected chi connectivity index (χ2v) is 5.72. The summed E-state index contributed by atoms with van der Waals surface area (Å²) in [5.74, 6) is 0.157. The van der Waals surface area contributed by atoms with Crippen molar-refractivity contribution in [3.8, 4) is 0 Å². The van der Waals surface area contributed by atoms with Crippen LogP contribution in [0.3, 0.4) is 0 Å². The van der Waals surface area contributed by atoms with Crippen molar-refractivity contribution >= 4 is 5.91 Å². The predicted octanol–water partition coefficient (Wildman–Crippen LogP) is 0.485. The van der Waals surface area contributed by atoms with E-state index < -0.39 is 0 Å². The smallest absolute Gasteiger partial charge is 0.234 e. The number of nitrogens with two attached hydrogens (primary N) is 1. The van der Waals surface area contributed by atoms with Crippen LogP contribution in [0.4, 0.5) is 0 Å². The van der Waals surface area contributed by atoms with Crippen molar-refractivity contribution < 1.29 is 9.53 Å². The summed E-state index contributed by atoms with van der Waals surface area (Å²) in [6, 6.07) is 0.390. The van der Waals surface area contributed by atoms with Gasteiger partial charge >= 0.3 is 0 Å². The molecule has 1 unspecified atom stereocenters. The van der Waals surface area contributed by atoms with Crippen molar-refractivity contribution in [1.82, 2.24) is 10.2 Å². The minimum atomic E-state index is 0.0828. The Bertz CT molecular complexity index is 278. The molecule has 19 heavy (non-hydrogen) atoms. The van der Waals surface area contributed by atoms with Crippen LogP contribution in [0.2, 0.25) is 0 Å². The van der Waals surface area contributed by atoms with Crippen molar-refractivity contribution in [3.05, 3.63) is 0 Å². The fraction of sp³-hybridized carbons (Fsp3) is 0.929. The van der Waals surface area contributed by atoms with Gasteiger partial charge in [-0.3, -0.25) is 9.69 Å². The molecule has 1 saturated carbocycles. The number of hydrogen-bond donors (Lipinski definition) is 2. The minimum Gasteiger partial charge on any atom is -0.374 e. The molecule has 0 bridgehead atoms. The van der Waals surface area contributed by atoms with E-state index in [2.05, 4.69) is 10.2 Å². The molecule has 2 aliphatic rings. The van der Waals surface area contributed by atoms with E-state index in [1.807, 2.05) is 0 Å². The normalized spacial score (nSPS) is 26.9. The van der Waals surface area contributed by atoms with Gasteiger partial charge in [0.25, 0.3) is 0 Å². The second-order valence-electron chi connectivity index (χ2n) is 5.72. The third-order valence-electron chi connectivity index (χ3n) is 4.07. The Morgan fingerprint density at radius 2 is 2.00 bits per heavy atom. The number of amides is 1. The molecule has 3 N–H and O–H groups in total. The average molecular weight is 269 g/mol. The fourth-order valence-corrected chi connectivity index (χ4v) is 2.97. The number of rotatable bonds is 4. The van der Waals surface area contributed by atoms with Gasteiger partial charge in [0.1, 0.15) is 0 Å². The first-order valence-corrected chi connectivity index (χ1v) is 7.61. The Morgan fingerprint density at radius 1 is 1.26 bits per heavy atom. The molecular formula is C14H27N3O2. The maximum atomic E-state index is 12.1. The highest BCUT2D eigenvalue weighted by atomic mass is 16.5. The molecule has 0 aromatic heterocycles. The van der Waals surface area contributed by atoms with Gasteiger partial charge in [0.2, 0.25) is 5.91 Å². The maximum absolute atomic E-state index is 12.1. The van der Waals surface area contributed by atoms with E-state index in [1.165, 1.54) is 25.7 Å². The van der Waals surface area contributed by atoms with Crippen LogP contribution in [0.1, 0.15) is 38.5 Å². The quantitative estimate of drug-likeness (QED) is 0.729. The lowest BCUT2D eigenvalue weighted by Crippen LogP contribution is -2.50. The van der Waals surface area contributed by atoms with Crippen molar-refractivity contribution in [3.63, 3.8) is 0 Å². The van der Waals surface area contributed by atoms with Crippen LogP contribution in [-0.4, -0.2) is 55.7 Å². The van der Waals surface area contributed by atoms with Crippen LogP contribution in [0.15, 0.2) is 0 Å². The van der Waals surface area contributed by atoms with Crippen LogP contribution >= 0.6 is 0 Å². The molecule has 1 amide bonds. The van der Waals surface area contributed by atoms with Gasteiger partial charge in [-0.1, -0.05) is 25.7 Å². The third kappa shape index (κ3) is 5.09. The zero-order chi connectivity index (χ0) is 13.5. The van der Waals surface area contributed by atoms with Crippen molar-refractivity contribution in [2.24, 2.45) is 5.73 Å². The predicted molar refractivity (Wildman–Crippen MR) is 74.9 cm³/mol. The summed E-state index contributed by atoms with van der Waals surface area (Å²) in [7, 11) is 0. The molecular weight excluding hydrogens is 242 g/mol. The Hall–Kier alpha value is -0.650. The Labute approximate surface area is 115 Å². The number of carbonyl (C=O) groups is 1. The third-order valence-corrected chi connectivity index (χ3v) is 4.07. The van der Waals surface area contributed by atoms with Gasteiger partial charge in [0.05, 0.1) is 19.3 Å². The van der Waals surface area contributed by atoms with E-state index >= 15 is 0 Å². The number of carbonyl (C=O) groups excluding carboxylic acids is 1. The SMILES string of the molecule is NCC1CN(CC(=O)NC2CCCCCC2)CCO1. The highest BCUT2D eigenvalue weighted by Crippen LogP contribution is 2.17. The molecule has 2 fully saturated rings. The number of hydrogen-bond acceptors (Lipinski definition) is 4. The van der Waals surface area contributed by atoms with Crippen molar-refractivity contribution in [1.29, 1.82) is 0 Å². The lowest BCUT2D eigenvalue weighted by atomic mass is 10.1. The Morgan fingerprint density at radius 3 is 2.68 bits per heavy atom. The molecule has 5 heteroatoms. The topological polar surface area (TPSA) is 67.6 Å². The molecule has 0 aromatic rings. The Balaban J connectivity index is 1.70. The lowest BCUT2D eigenvalue weighted by molar-refractivity contribution is -0.124. The van der Waals surface area contributed by atoms with Gasteiger partial charge in [-0.2, -0.15) is 0 Å². The van der Waals surface area contributed by atoms with Crippen LogP contribution in [0.5, 0.6) is 0 Å². The zero-order valence-corrected chi connectivity index (χ0v) is 11.8. The monoisotopic (exact) mass is 269 g/mol. The van der Waals surface area contributed by atoms with Gasteiger partial charge in [0.15, 0.2) is 0 Å². The van der Waals surface area contributed by atoms with Crippen LogP contribution < -0.4 is 11.1 Å². The van der Waals surface area contributed by atoms with Gasteiger partial charge in [-0.05, 0) is 12.8 Å². The Kier molecular flexibility index (Phi) is 6.07.